The quantitative estimate of drug-likeness (QED) is 0.764. The average Bonchev–Trinajstić information content (AvgIpc) is 2.62. The van der Waals surface area contributed by atoms with Gasteiger partial charge in [-0.2, -0.15) is 5.10 Å². The van der Waals surface area contributed by atoms with Crippen LogP contribution in [0.15, 0.2) is 59.4 Å². The number of carbonyl (C=O) groups is 1. The molecule has 0 bridgehead atoms. The third-order valence-corrected chi connectivity index (χ3v) is 3.97. The van der Waals surface area contributed by atoms with E-state index >= 15 is 0 Å². The Kier molecular flexibility index (Phi) is 5.04. The molecular weight excluding hydrogens is 354 g/mol. The number of para-hydroxylation sites is 1. The normalized spacial score (nSPS) is 10.4. The molecule has 1 aromatic heterocycles. The van der Waals surface area contributed by atoms with Gasteiger partial charge in [0.2, 0.25) is 5.43 Å². The van der Waals surface area contributed by atoms with Crippen molar-refractivity contribution in [1.82, 2.24) is 9.78 Å². The van der Waals surface area contributed by atoms with Crippen molar-refractivity contribution in [2.45, 2.75) is 6.92 Å². The zero-order valence-corrected chi connectivity index (χ0v) is 14.9. The van der Waals surface area contributed by atoms with Gasteiger partial charge in [0.25, 0.3) is 5.91 Å². The molecule has 3 rings (SSSR count). The summed E-state index contributed by atoms with van der Waals surface area (Å²) in [5.41, 5.74) is 1.05. The minimum absolute atomic E-state index is 0.221. The number of nitrogens with one attached hydrogen (secondary N) is 1. The van der Waals surface area contributed by atoms with Crippen LogP contribution in [0, 0.1) is 6.92 Å². The van der Waals surface area contributed by atoms with Crippen LogP contribution in [-0.2, 0) is 0 Å². The molecule has 0 aliphatic carbocycles. The maximum atomic E-state index is 12.6. The molecule has 0 unspecified atom stereocenters. The van der Waals surface area contributed by atoms with Crippen molar-refractivity contribution < 1.29 is 9.53 Å². The second kappa shape index (κ2) is 7.41. The Bertz CT molecular complexity index is 1020. The van der Waals surface area contributed by atoms with E-state index in [0.717, 1.165) is 5.69 Å². The predicted molar refractivity (Wildman–Crippen MR) is 101 cm³/mol. The molecule has 132 valence electrons. The summed E-state index contributed by atoms with van der Waals surface area (Å²) in [6.07, 6.45) is 0. The van der Waals surface area contributed by atoms with Gasteiger partial charge in [0.15, 0.2) is 5.69 Å². The lowest BCUT2D eigenvalue weighted by Crippen LogP contribution is -2.27. The molecule has 0 radical (unpaired) electrons. The number of anilines is 1. The number of methoxy groups -OCH3 is 1. The van der Waals surface area contributed by atoms with Gasteiger partial charge in [-0.15, -0.1) is 0 Å². The number of nitrogens with zero attached hydrogens (tertiary/aromatic N) is 2. The maximum absolute atomic E-state index is 12.6. The van der Waals surface area contributed by atoms with Crippen LogP contribution in [0.1, 0.15) is 16.2 Å². The second-order valence-electron chi connectivity index (χ2n) is 5.54. The van der Waals surface area contributed by atoms with Crippen LogP contribution in [0.25, 0.3) is 5.69 Å². The third-order valence-electron chi connectivity index (χ3n) is 3.73. The minimum Gasteiger partial charge on any atom is -0.495 e. The van der Waals surface area contributed by atoms with Crippen LogP contribution in [0.2, 0.25) is 5.02 Å². The molecule has 0 saturated carbocycles. The number of hydrogen-bond acceptors (Lipinski definition) is 4. The van der Waals surface area contributed by atoms with Crippen molar-refractivity contribution in [1.29, 1.82) is 0 Å². The van der Waals surface area contributed by atoms with Crippen LogP contribution in [0.5, 0.6) is 5.75 Å². The van der Waals surface area contributed by atoms with E-state index < -0.39 is 11.3 Å². The van der Waals surface area contributed by atoms with E-state index in [-0.39, 0.29) is 5.69 Å². The van der Waals surface area contributed by atoms with Crippen LogP contribution in [-0.4, -0.2) is 22.8 Å². The van der Waals surface area contributed by atoms with Gasteiger partial charge in [0.1, 0.15) is 5.75 Å². The molecule has 2 aromatic carbocycles. The van der Waals surface area contributed by atoms with E-state index in [0.29, 0.717) is 22.2 Å². The van der Waals surface area contributed by atoms with Gasteiger partial charge in [-0.1, -0.05) is 29.8 Å². The number of hydrogen-bond donors (Lipinski definition) is 1. The summed E-state index contributed by atoms with van der Waals surface area (Å²) in [6, 6.07) is 15.5. The molecule has 7 heteroatoms. The zero-order chi connectivity index (χ0) is 18.7. The summed E-state index contributed by atoms with van der Waals surface area (Å²) in [4.78, 5) is 24.9. The topological polar surface area (TPSA) is 73.2 Å². The summed E-state index contributed by atoms with van der Waals surface area (Å²) in [6.45, 7) is 1.75. The molecule has 0 fully saturated rings. The Morgan fingerprint density at radius 1 is 1.15 bits per heavy atom. The lowest BCUT2D eigenvalue weighted by molar-refractivity contribution is 0.101. The molecule has 0 aliphatic rings. The van der Waals surface area contributed by atoms with E-state index in [9.17, 15) is 9.59 Å². The van der Waals surface area contributed by atoms with Crippen LogP contribution < -0.4 is 15.5 Å². The van der Waals surface area contributed by atoms with Gasteiger partial charge < -0.3 is 10.1 Å². The number of aromatic nitrogens is 2. The highest BCUT2D eigenvalue weighted by atomic mass is 35.5. The van der Waals surface area contributed by atoms with Crippen LogP contribution in [0.3, 0.4) is 0 Å². The summed E-state index contributed by atoms with van der Waals surface area (Å²) in [5, 5.41) is 7.30. The Hall–Kier alpha value is -3.12. The highest BCUT2D eigenvalue weighted by Crippen LogP contribution is 2.27. The monoisotopic (exact) mass is 369 g/mol. The van der Waals surface area contributed by atoms with E-state index in [2.05, 4.69) is 10.4 Å². The van der Waals surface area contributed by atoms with Gasteiger partial charge >= 0.3 is 0 Å². The summed E-state index contributed by atoms with van der Waals surface area (Å²) in [5.74, 6) is -0.210. The first kappa shape index (κ1) is 17.7. The molecular formula is C19H16ClN3O3. The van der Waals surface area contributed by atoms with Gasteiger partial charge in [0, 0.05) is 16.8 Å². The molecule has 1 amide bonds. The van der Waals surface area contributed by atoms with Crippen molar-refractivity contribution in [2.24, 2.45) is 0 Å². The molecule has 0 atom stereocenters. The van der Waals surface area contributed by atoms with E-state index in [1.54, 1.807) is 29.8 Å². The van der Waals surface area contributed by atoms with Crippen LogP contribution >= 0.6 is 11.6 Å². The maximum Gasteiger partial charge on any atom is 0.280 e. The van der Waals surface area contributed by atoms with E-state index in [1.165, 1.54) is 13.2 Å². The fraction of sp³-hybridized carbons (Fsp3) is 0.105. The first-order chi connectivity index (χ1) is 12.5. The van der Waals surface area contributed by atoms with E-state index in [4.69, 9.17) is 16.3 Å². The van der Waals surface area contributed by atoms with Crippen molar-refractivity contribution >= 4 is 23.2 Å². The Morgan fingerprint density at radius 3 is 2.58 bits per heavy atom. The van der Waals surface area contributed by atoms with Crippen molar-refractivity contribution in [3.8, 4) is 11.4 Å². The number of amides is 1. The minimum atomic E-state index is -0.639. The average molecular weight is 370 g/mol. The number of aryl methyl sites for hydroxylation is 1. The first-order valence-electron chi connectivity index (χ1n) is 7.81. The lowest BCUT2D eigenvalue weighted by atomic mass is 10.2. The largest absolute Gasteiger partial charge is 0.495 e. The lowest BCUT2D eigenvalue weighted by Gasteiger charge is -2.12. The van der Waals surface area contributed by atoms with Crippen LogP contribution in [0.4, 0.5) is 5.69 Å². The molecule has 1 heterocycles. The molecule has 0 saturated heterocycles. The number of carbonyl (C=O) groups excluding carboxylic acids is 1. The molecule has 0 aliphatic heterocycles. The van der Waals surface area contributed by atoms with Crippen molar-refractivity contribution in [3.05, 3.63) is 81.2 Å². The van der Waals surface area contributed by atoms with Gasteiger partial charge in [-0.3, -0.25) is 9.59 Å². The fourth-order valence-electron chi connectivity index (χ4n) is 2.49. The zero-order valence-electron chi connectivity index (χ0n) is 14.2. The highest BCUT2D eigenvalue weighted by Gasteiger charge is 2.17. The first-order valence-corrected chi connectivity index (χ1v) is 8.18. The Balaban J connectivity index is 2.00. The molecule has 3 aromatic rings. The second-order valence-corrected chi connectivity index (χ2v) is 5.98. The summed E-state index contributed by atoms with van der Waals surface area (Å²) < 4.78 is 6.75. The molecule has 1 N–H and O–H groups in total. The third kappa shape index (κ3) is 3.60. The number of ether oxygens (including phenoxy) is 1. The predicted octanol–water partition coefficient (Wildman–Crippen LogP) is 3.46. The smallest absolute Gasteiger partial charge is 0.280 e. The van der Waals surface area contributed by atoms with Gasteiger partial charge in [-0.05, 0) is 37.3 Å². The Morgan fingerprint density at radius 2 is 1.88 bits per heavy atom. The SMILES string of the molecule is COc1ccc(Cl)cc1NC(=O)c1nn(-c2ccccc2)c(C)cc1=O. The molecule has 6 nitrogen and oxygen atoms in total. The number of rotatable bonds is 4. The standard InChI is InChI=1S/C19H16ClN3O3/c1-12-10-16(24)18(22-23(12)14-6-4-3-5-7-14)19(25)21-15-11-13(20)8-9-17(15)26-2/h3-11H,1-2H3,(H,21,25). The van der Waals surface area contributed by atoms with Gasteiger partial charge in [0.05, 0.1) is 18.5 Å². The number of benzene rings is 2. The summed E-state index contributed by atoms with van der Waals surface area (Å²) >= 11 is 5.97. The van der Waals surface area contributed by atoms with Crippen molar-refractivity contribution in [2.75, 3.05) is 12.4 Å². The molecule has 0 spiro atoms. The fourth-order valence-corrected chi connectivity index (χ4v) is 2.67. The number of halogens is 1. The highest BCUT2D eigenvalue weighted by molar-refractivity contribution is 6.31. The van der Waals surface area contributed by atoms with Crippen molar-refractivity contribution in [3.63, 3.8) is 0 Å². The molecule has 26 heavy (non-hydrogen) atoms. The van der Waals surface area contributed by atoms with Gasteiger partial charge in [-0.25, -0.2) is 4.68 Å². The van der Waals surface area contributed by atoms with E-state index in [1.807, 2.05) is 30.3 Å². The summed E-state index contributed by atoms with van der Waals surface area (Å²) in [7, 11) is 1.48. The Labute approximate surface area is 155 Å².